The van der Waals surface area contributed by atoms with Gasteiger partial charge in [0.2, 0.25) is 0 Å². The fraction of sp³-hybridized carbons (Fsp3) is 0.778. The third kappa shape index (κ3) is 6.42. The number of rotatable bonds is 5. The molecule has 0 aliphatic heterocycles. The number of esters is 1. The molecule has 0 bridgehead atoms. The Balaban J connectivity index is 3.94. The summed E-state index contributed by atoms with van der Waals surface area (Å²) in [6, 6.07) is 0. The molecule has 0 spiro atoms. The van der Waals surface area contributed by atoms with E-state index in [2.05, 4.69) is 4.74 Å². The van der Waals surface area contributed by atoms with E-state index in [-0.39, 0.29) is 6.42 Å². The summed E-state index contributed by atoms with van der Waals surface area (Å²) in [5.41, 5.74) is -0.957. The Bertz CT molecular complexity index is 216. The lowest BCUT2D eigenvalue weighted by Gasteiger charge is -2.20. The zero-order chi connectivity index (χ0) is 11.4. The fourth-order valence-electron chi connectivity index (χ4n) is 1.11. The first-order chi connectivity index (χ1) is 6.22. The van der Waals surface area contributed by atoms with Crippen LogP contribution in [-0.4, -0.2) is 34.4 Å². The molecule has 0 heterocycles. The van der Waals surface area contributed by atoms with Crippen LogP contribution in [0.3, 0.4) is 0 Å². The molecule has 0 amide bonds. The SMILES string of the molecule is CC(CC(C)(C)O)C(=O)OCC(=O)O. The molecule has 0 saturated carbocycles. The molecule has 0 fully saturated rings. The number of carboxylic acid groups (broad SMARTS) is 1. The number of aliphatic carboxylic acids is 1. The molecule has 0 aromatic carbocycles. The van der Waals surface area contributed by atoms with Crippen LogP contribution < -0.4 is 0 Å². The summed E-state index contributed by atoms with van der Waals surface area (Å²) >= 11 is 0. The molecule has 5 heteroatoms. The van der Waals surface area contributed by atoms with Crippen molar-refractivity contribution in [1.82, 2.24) is 0 Å². The second-order valence-electron chi connectivity index (χ2n) is 3.92. The van der Waals surface area contributed by atoms with Gasteiger partial charge >= 0.3 is 11.9 Å². The quantitative estimate of drug-likeness (QED) is 0.634. The number of ether oxygens (including phenoxy) is 1. The number of carbonyl (C=O) groups excluding carboxylic acids is 1. The van der Waals surface area contributed by atoms with Gasteiger partial charge in [-0.2, -0.15) is 0 Å². The summed E-state index contributed by atoms with van der Waals surface area (Å²) in [5, 5.41) is 17.6. The van der Waals surface area contributed by atoms with E-state index in [0.717, 1.165) is 0 Å². The Morgan fingerprint density at radius 2 is 1.93 bits per heavy atom. The van der Waals surface area contributed by atoms with Crippen LogP contribution >= 0.6 is 0 Å². The molecule has 0 rings (SSSR count). The summed E-state index contributed by atoms with van der Waals surface area (Å²) in [6.07, 6.45) is 0.242. The van der Waals surface area contributed by atoms with Gasteiger partial charge in [0, 0.05) is 0 Å². The largest absolute Gasteiger partial charge is 0.479 e. The predicted octanol–water partition coefficient (Wildman–Crippen LogP) is 0.411. The van der Waals surface area contributed by atoms with E-state index in [0.29, 0.717) is 0 Å². The zero-order valence-electron chi connectivity index (χ0n) is 8.61. The molecule has 1 atom stereocenters. The lowest BCUT2D eigenvalue weighted by atomic mass is 9.95. The van der Waals surface area contributed by atoms with Crippen LogP contribution in [0.2, 0.25) is 0 Å². The highest BCUT2D eigenvalue weighted by molar-refractivity contribution is 5.76. The molecule has 2 N–H and O–H groups in total. The molecule has 1 unspecified atom stereocenters. The normalized spacial score (nSPS) is 13.4. The molecular weight excluding hydrogens is 188 g/mol. The van der Waals surface area contributed by atoms with E-state index >= 15 is 0 Å². The smallest absolute Gasteiger partial charge is 0.341 e. The fourth-order valence-corrected chi connectivity index (χ4v) is 1.11. The Morgan fingerprint density at radius 1 is 1.43 bits per heavy atom. The van der Waals surface area contributed by atoms with E-state index in [9.17, 15) is 14.7 Å². The number of carbonyl (C=O) groups is 2. The van der Waals surface area contributed by atoms with E-state index in [4.69, 9.17) is 5.11 Å². The lowest BCUT2D eigenvalue weighted by molar-refractivity contribution is -0.158. The summed E-state index contributed by atoms with van der Waals surface area (Å²) in [6.45, 7) is 4.11. The molecule has 14 heavy (non-hydrogen) atoms. The highest BCUT2D eigenvalue weighted by atomic mass is 16.5. The van der Waals surface area contributed by atoms with Crippen molar-refractivity contribution in [3.63, 3.8) is 0 Å². The number of hydrogen-bond acceptors (Lipinski definition) is 4. The molecular formula is C9H16O5. The van der Waals surface area contributed by atoms with Gasteiger partial charge in [-0.1, -0.05) is 6.92 Å². The average Bonchev–Trinajstić information content (AvgIpc) is 1.96. The van der Waals surface area contributed by atoms with Gasteiger partial charge in [0.05, 0.1) is 11.5 Å². The van der Waals surface area contributed by atoms with E-state index in [1.165, 1.54) is 0 Å². The van der Waals surface area contributed by atoms with Crippen molar-refractivity contribution in [2.24, 2.45) is 5.92 Å². The topological polar surface area (TPSA) is 83.8 Å². The van der Waals surface area contributed by atoms with Crippen molar-refractivity contribution in [2.45, 2.75) is 32.8 Å². The van der Waals surface area contributed by atoms with Crippen molar-refractivity contribution in [2.75, 3.05) is 6.61 Å². The minimum atomic E-state index is -1.19. The Hall–Kier alpha value is -1.10. The predicted molar refractivity (Wildman–Crippen MR) is 48.7 cm³/mol. The van der Waals surface area contributed by atoms with Crippen LogP contribution in [0.25, 0.3) is 0 Å². The second-order valence-corrected chi connectivity index (χ2v) is 3.92. The molecule has 0 saturated heterocycles. The van der Waals surface area contributed by atoms with Crippen molar-refractivity contribution >= 4 is 11.9 Å². The van der Waals surface area contributed by atoms with Crippen molar-refractivity contribution in [1.29, 1.82) is 0 Å². The maximum Gasteiger partial charge on any atom is 0.341 e. The molecule has 0 radical (unpaired) electrons. The van der Waals surface area contributed by atoms with Crippen LogP contribution in [0, 0.1) is 5.92 Å². The van der Waals surface area contributed by atoms with Gasteiger partial charge in [0.25, 0.3) is 0 Å². The number of carboxylic acids is 1. The van der Waals surface area contributed by atoms with Gasteiger partial charge in [-0.25, -0.2) is 4.79 Å². The van der Waals surface area contributed by atoms with Gasteiger partial charge in [-0.05, 0) is 20.3 Å². The van der Waals surface area contributed by atoms with Crippen molar-refractivity contribution in [3.05, 3.63) is 0 Å². The van der Waals surface area contributed by atoms with Crippen LogP contribution in [0.15, 0.2) is 0 Å². The van der Waals surface area contributed by atoms with Crippen LogP contribution in [-0.2, 0) is 14.3 Å². The van der Waals surface area contributed by atoms with Gasteiger partial charge in [0.15, 0.2) is 6.61 Å². The Labute approximate surface area is 82.7 Å². The number of hydrogen-bond donors (Lipinski definition) is 2. The van der Waals surface area contributed by atoms with Crippen LogP contribution in [0.1, 0.15) is 27.2 Å². The standard InChI is InChI=1S/C9H16O5/c1-6(4-9(2,3)13)8(12)14-5-7(10)11/h6,13H,4-5H2,1-3H3,(H,10,11). The maximum absolute atomic E-state index is 11.1. The Kier molecular flexibility index (Phi) is 4.56. The number of aliphatic hydroxyl groups is 1. The van der Waals surface area contributed by atoms with Crippen LogP contribution in [0.4, 0.5) is 0 Å². The summed E-state index contributed by atoms with van der Waals surface area (Å²) < 4.78 is 4.46. The molecule has 82 valence electrons. The third-order valence-electron chi connectivity index (χ3n) is 1.55. The van der Waals surface area contributed by atoms with Crippen LogP contribution in [0.5, 0.6) is 0 Å². The van der Waals surface area contributed by atoms with Gasteiger partial charge in [-0.3, -0.25) is 4.79 Å². The van der Waals surface area contributed by atoms with Gasteiger partial charge in [0.1, 0.15) is 0 Å². The highest BCUT2D eigenvalue weighted by Crippen LogP contribution is 2.16. The Morgan fingerprint density at radius 3 is 2.29 bits per heavy atom. The molecule has 0 aromatic rings. The highest BCUT2D eigenvalue weighted by Gasteiger charge is 2.23. The van der Waals surface area contributed by atoms with Gasteiger partial charge in [-0.15, -0.1) is 0 Å². The minimum absolute atomic E-state index is 0.242. The van der Waals surface area contributed by atoms with Crippen molar-refractivity contribution in [3.8, 4) is 0 Å². The van der Waals surface area contributed by atoms with Gasteiger partial charge < -0.3 is 14.9 Å². The summed E-state index contributed by atoms with van der Waals surface area (Å²) in [5.74, 6) is -2.29. The first-order valence-corrected chi connectivity index (χ1v) is 4.33. The minimum Gasteiger partial charge on any atom is -0.479 e. The zero-order valence-corrected chi connectivity index (χ0v) is 8.61. The van der Waals surface area contributed by atoms with E-state index in [1.807, 2.05) is 0 Å². The second kappa shape index (κ2) is 4.95. The third-order valence-corrected chi connectivity index (χ3v) is 1.55. The maximum atomic E-state index is 11.1. The summed E-state index contributed by atoms with van der Waals surface area (Å²) in [7, 11) is 0. The van der Waals surface area contributed by atoms with E-state index in [1.54, 1.807) is 20.8 Å². The monoisotopic (exact) mass is 204 g/mol. The average molecular weight is 204 g/mol. The molecule has 0 aromatic heterocycles. The first-order valence-electron chi connectivity index (χ1n) is 4.33. The molecule has 0 aliphatic rings. The first kappa shape index (κ1) is 12.9. The van der Waals surface area contributed by atoms with E-state index < -0.39 is 30.1 Å². The molecule has 0 aliphatic carbocycles. The molecule has 5 nitrogen and oxygen atoms in total. The van der Waals surface area contributed by atoms with Crippen molar-refractivity contribution < 1.29 is 24.5 Å². The lowest BCUT2D eigenvalue weighted by Crippen LogP contribution is -2.28. The summed E-state index contributed by atoms with van der Waals surface area (Å²) in [4.78, 5) is 21.2.